The van der Waals surface area contributed by atoms with Gasteiger partial charge in [-0.3, -0.25) is 0 Å². The molecule has 1 aromatic carbocycles. The van der Waals surface area contributed by atoms with Gasteiger partial charge in [-0.15, -0.1) is 0 Å². The molecule has 0 radical (unpaired) electrons. The molecule has 6 heteroatoms. The Labute approximate surface area is 152 Å². The van der Waals surface area contributed by atoms with Crippen LogP contribution in [0.3, 0.4) is 0 Å². The average molecular weight is 348 g/mol. The molecule has 134 valence electrons. The van der Waals surface area contributed by atoms with Gasteiger partial charge in [0.2, 0.25) is 0 Å². The summed E-state index contributed by atoms with van der Waals surface area (Å²) in [4.78, 5) is 18.0. The van der Waals surface area contributed by atoms with Crippen LogP contribution in [0.25, 0.3) is 33.3 Å². The largest absolute Gasteiger partial charge is 0.384 e. The Morgan fingerprint density at radius 1 is 1.15 bits per heavy atom. The molecule has 26 heavy (non-hydrogen) atoms. The Kier molecular flexibility index (Phi) is 4.12. The Balaban J connectivity index is 1.84. The zero-order valence-corrected chi connectivity index (χ0v) is 15.4. The number of aromatic amines is 2. The third kappa shape index (κ3) is 2.93. The maximum Gasteiger partial charge on any atom is 0.160 e. The molecule has 4 rings (SSSR count). The standard InChI is InChI=1S/C20H24N6/c1-4-8-26(3)11-13-6-5-7-16-14(13)9-17(24-16)15-10-18(21)25-20-19(15)22-12(2)23-20/h5-7,9-10,24H,4,8,11H2,1-3H3,(H3,21,22,23,25). The van der Waals surface area contributed by atoms with E-state index in [0.717, 1.165) is 53.3 Å². The van der Waals surface area contributed by atoms with Crippen molar-refractivity contribution in [1.29, 1.82) is 0 Å². The number of hydrogen-bond donors (Lipinski definition) is 3. The first-order chi connectivity index (χ1) is 12.5. The van der Waals surface area contributed by atoms with E-state index in [1.807, 2.05) is 13.0 Å². The molecule has 0 atom stereocenters. The summed E-state index contributed by atoms with van der Waals surface area (Å²) in [6, 6.07) is 10.5. The molecule has 4 aromatic rings. The number of aryl methyl sites for hydroxylation is 1. The lowest BCUT2D eigenvalue weighted by molar-refractivity contribution is 0.329. The number of fused-ring (bicyclic) bond motifs is 2. The summed E-state index contributed by atoms with van der Waals surface area (Å²) in [5.41, 5.74) is 12.0. The lowest BCUT2D eigenvalue weighted by atomic mass is 10.1. The number of pyridine rings is 1. The van der Waals surface area contributed by atoms with Crippen LogP contribution in [0.5, 0.6) is 0 Å². The van der Waals surface area contributed by atoms with Crippen molar-refractivity contribution >= 4 is 27.9 Å². The second kappa shape index (κ2) is 6.46. The second-order valence-electron chi connectivity index (χ2n) is 6.91. The topological polar surface area (TPSA) is 86.6 Å². The average Bonchev–Trinajstić information content (AvgIpc) is 3.17. The molecule has 0 aliphatic heterocycles. The molecular weight excluding hydrogens is 324 g/mol. The van der Waals surface area contributed by atoms with Crippen LogP contribution >= 0.6 is 0 Å². The van der Waals surface area contributed by atoms with Crippen LogP contribution in [-0.2, 0) is 6.54 Å². The van der Waals surface area contributed by atoms with E-state index < -0.39 is 0 Å². The van der Waals surface area contributed by atoms with Crippen molar-refractivity contribution in [3.05, 3.63) is 41.7 Å². The van der Waals surface area contributed by atoms with E-state index in [4.69, 9.17) is 5.73 Å². The molecule has 3 aromatic heterocycles. The highest BCUT2D eigenvalue weighted by molar-refractivity contribution is 5.96. The molecule has 0 amide bonds. The van der Waals surface area contributed by atoms with E-state index >= 15 is 0 Å². The van der Waals surface area contributed by atoms with Crippen LogP contribution in [0, 0.1) is 6.92 Å². The number of hydrogen-bond acceptors (Lipinski definition) is 4. The molecule has 0 fully saturated rings. The molecular formula is C20H24N6. The van der Waals surface area contributed by atoms with Gasteiger partial charge in [0.05, 0.1) is 0 Å². The number of rotatable bonds is 5. The van der Waals surface area contributed by atoms with Crippen molar-refractivity contribution < 1.29 is 0 Å². The predicted molar refractivity (Wildman–Crippen MR) is 107 cm³/mol. The van der Waals surface area contributed by atoms with Gasteiger partial charge in [-0.05, 0) is 50.7 Å². The number of H-pyrrole nitrogens is 2. The summed E-state index contributed by atoms with van der Waals surface area (Å²) in [6.07, 6.45) is 1.15. The summed E-state index contributed by atoms with van der Waals surface area (Å²) in [6.45, 7) is 6.14. The smallest absolute Gasteiger partial charge is 0.160 e. The lowest BCUT2D eigenvalue weighted by Crippen LogP contribution is -2.18. The summed E-state index contributed by atoms with van der Waals surface area (Å²) < 4.78 is 0. The van der Waals surface area contributed by atoms with Gasteiger partial charge in [-0.2, -0.15) is 0 Å². The van der Waals surface area contributed by atoms with Crippen LogP contribution < -0.4 is 5.73 Å². The number of nitrogens with two attached hydrogens (primary N) is 1. The summed E-state index contributed by atoms with van der Waals surface area (Å²) >= 11 is 0. The van der Waals surface area contributed by atoms with Crippen molar-refractivity contribution in [2.45, 2.75) is 26.8 Å². The quantitative estimate of drug-likeness (QED) is 0.511. The van der Waals surface area contributed by atoms with E-state index in [2.05, 4.69) is 63.1 Å². The molecule has 0 unspecified atom stereocenters. The fraction of sp³-hybridized carbons (Fsp3) is 0.300. The molecule has 6 nitrogen and oxygen atoms in total. The van der Waals surface area contributed by atoms with Gasteiger partial charge < -0.3 is 20.6 Å². The van der Waals surface area contributed by atoms with Crippen LogP contribution in [0.4, 0.5) is 5.82 Å². The molecule has 3 heterocycles. The van der Waals surface area contributed by atoms with Crippen molar-refractivity contribution in [2.75, 3.05) is 19.3 Å². The van der Waals surface area contributed by atoms with Crippen molar-refractivity contribution in [2.24, 2.45) is 0 Å². The molecule has 0 saturated heterocycles. The summed E-state index contributed by atoms with van der Waals surface area (Å²) in [7, 11) is 2.16. The van der Waals surface area contributed by atoms with E-state index in [1.165, 1.54) is 10.9 Å². The minimum atomic E-state index is 0.484. The van der Waals surface area contributed by atoms with Gasteiger partial charge in [0.1, 0.15) is 17.2 Å². The van der Waals surface area contributed by atoms with Crippen molar-refractivity contribution in [3.63, 3.8) is 0 Å². The molecule has 0 bridgehead atoms. The van der Waals surface area contributed by atoms with Crippen LogP contribution in [0.1, 0.15) is 24.7 Å². The van der Waals surface area contributed by atoms with E-state index in [9.17, 15) is 0 Å². The Bertz CT molecular complexity index is 1070. The minimum Gasteiger partial charge on any atom is -0.384 e. The van der Waals surface area contributed by atoms with Crippen LogP contribution in [0.15, 0.2) is 30.3 Å². The highest BCUT2D eigenvalue weighted by Gasteiger charge is 2.14. The Hall–Kier alpha value is -2.86. The Morgan fingerprint density at radius 2 is 2.00 bits per heavy atom. The molecule has 0 aliphatic carbocycles. The van der Waals surface area contributed by atoms with Crippen LogP contribution in [-0.4, -0.2) is 38.4 Å². The first-order valence-corrected chi connectivity index (χ1v) is 8.97. The summed E-state index contributed by atoms with van der Waals surface area (Å²) in [5, 5.41) is 1.24. The first kappa shape index (κ1) is 16.6. The normalized spacial score (nSPS) is 11.8. The fourth-order valence-electron chi connectivity index (χ4n) is 3.58. The van der Waals surface area contributed by atoms with E-state index in [0.29, 0.717) is 5.82 Å². The van der Waals surface area contributed by atoms with E-state index in [-0.39, 0.29) is 0 Å². The van der Waals surface area contributed by atoms with Crippen LogP contribution in [0.2, 0.25) is 0 Å². The van der Waals surface area contributed by atoms with Gasteiger partial charge in [0, 0.05) is 28.7 Å². The SMILES string of the molecule is CCCN(C)Cc1cccc2[nH]c(-c3cc(N)nc4[nH]c(C)nc34)cc12. The highest BCUT2D eigenvalue weighted by Crippen LogP contribution is 2.31. The third-order valence-electron chi connectivity index (χ3n) is 4.68. The number of anilines is 1. The minimum absolute atomic E-state index is 0.484. The third-order valence-corrected chi connectivity index (χ3v) is 4.68. The number of aromatic nitrogens is 4. The molecule has 0 spiro atoms. The number of imidazole rings is 1. The predicted octanol–water partition coefficient (Wildman–Crippen LogP) is 3.84. The van der Waals surface area contributed by atoms with Gasteiger partial charge in [0.25, 0.3) is 0 Å². The summed E-state index contributed by atoms with van der Waals surface area (Å²) in [5.74, 6) is 1.31. The van der Waals surface area contributed by atoms with Gasteiger partial charge in [0.15, 0.2) is 5.65 Å². The molecule has 4 N–H and O–H groups in total. The number of benzene rings is 1. The zero-order chi connectivity index (χ0) is 18.3. The number of nitrogens with one attached hydrogen (secondary N) is 2. The molecule has 0 aliphatic rings. The molecule has 0 saturated carbocycles. The number of nitrogens with zero attached hydrogens (tertiary/aromatic N) is 3. The van der Waals surface area contributed by atoms with Gasteiger partial charge >= 0.3 is 0 Å². The van der Waals surface area contributed by atoms with E-state index in [1.54, 1.807) is 0 Å². The highest BCUT2D eigenvalue weighted by atomic mass is 15.1. The maximum atomic E-state index is 6.02. The van der Waals surface area contributed by atoms with Gasteiger partial charge in [-0.1, -0.05) is 19.1 Å². The van der Waals surface area contributed by atoms with Gasteiger partial charge in [-0.25, -0.2) is 9.97 Å². The Morgan fingerprint density at radius 3 is 2.81 bits per heavy atom. The first-order valence-electron chi connectivity index (χ1n) is 8.97. The van der Waals surface area contributed by atoms with Crippen molar-refractivity contribution in [1.82, 2.24) is 24.8 Å². The second-order valence-corrected chi connectivity index (χ2v) is 6.91. The zero-order valence-electron chi connectivity index (χ0n) is 15.4. The number of nitrogen functional groups attached to an aromatic ring is 1. The maximum absolute atomic E-state index is 6.02. The lowest BCUT2D eigenvalue weighted by Gasteiger charge is -2.15. The van der Waals surface area contributed by atoms with Crippen molar-refractivity contribution in [3.8, 4) is 11.3 Å². The fourth-order valence-corrected chi connectivity index (χ4v) is 3.58. The monoisotopic (exact) mass is 348 g/mol.